The minimum absolute atomic E-state index is 0.912. The fourth-order valence-electron chi connectivity index (χ4n) is 1.23. The van der Waals surface area contributed by atoms with Crippen molar-refractivity contribution < 1.29 is 4.42 Å². The Kier molecular flexibility index (Phi) is 1.43. The zero-order chi connectivity index (χ0) is 7.84. The van der Waals surface area contributed by atoms with Crippen molar-refractivity contribution in [1.82, 2.24) is 0 Å². The maximum absolute atomic E-state index is 5.23. The van der Waals surface area contributed by atoms with Crippen LogP contribution in [0.2, 0.25) is 0 Å². The molecule has 56 valence electrons. The first kappa shape index (κ1) is 6.80. The Morgan fingerprint density at radius 2 is 2.18 bits per heavy atom. The molecule has 0 aliphatic rings. The Bertz CT molecular complexity index is 389. The van der Waals surface area contributed by atoms with Crippen molar-refractivity contribution in [3.05, 3.63) is 30.0 Å². The van der Waals surface area contributed by atoms with E-state index in [1.54, 1.807) is 6.26 Å². The zero-order valence-electron chi connectivity index (χ0n) is 6.16. The molecule has 1 aromatic heterocycles. The number of hydrogen-bond acceptors (Lipinski definition) is 2. The molecule has 1 heterocycles. The molecule has 0 radical (unpaired) electrons. The minimum Gasteiger partial charge on any atom is -0.464 e. The summed E-state index contributed by atoms with van der Waals surface area (Å²) in [5.41, 5.74) is 2.12. The van der Waals surface area contributed by atoms with Crippen LogP contribution < -0.4 is 0 Å². The molecule has 0 amide bonds. The number of rotatable bonds is 0. The van der Waals surface area contributed by atoms with Crippen molar-refractivity contribution in [2.75, 3.05) is 0 Å². The van der Waals surface area contributed by atoms with Crippen LogP contribution >= 0.6 is 12.6 Å². The quantitative estimate of drug-likeness (QED) is 0.590. The van der Waals surface area contributed by atoms with Gasteiger partial charge in [-0.2, -0.15) is 0 Å². The van der Waals surface area contributed by atoms with Gasteiger partial charge in [0.15, 0.2) is 0 Å². The third kappa shape index (κ3) is 1.03. The monoisotopic (exact) mass is 164 g/mol. The van der Waals surface area contributed by atoms with Crippen LogP contribution in [0.15, 0.2) is 33.8 Å². The molecule has 0 atom stereocenters. The summed E-state index contributed by atoms with van der Waals surface area (Å²) in [4.78, 5) is 0.949. The van der Waals surface area contributed by atoms with Crippen LogP contribution in [0.3, 0.4) is 0 Å². The highest BCUT2D eigenvalue weighted by Gasteiger charge is 1.99. The minimum atomic E-state index is 0.912. The van der Waals surface area contributed by atoms with Crippen LogP contribution in [0.1, 0.15) is 5.56 Å². The molecule has 0 unspecified atom stereocenters. The van der Waals surface area contributed by atoms with E-state index in [0.29, 0.717) is 0 Å². The van der Waals surface area contributed by atoms with Crippen LogP contribution in [-0.2, 0) is 0 Å². The number of furan rings is 1. The Morgan fingerprint density at radius 1 is 1.36 bits per heavy atom. The number of fused-ring (bicyclic) bond motifs is 1. The summed E-state index contributed by atoms with van der Waals surface area (Å²) in [5, 5.41) is 1.17. The maximum Gasteiger partial charge on any atom is 0.135 e. The van der Waals surface area contributed by atoms with Gasteiger partial charge in [0.25, 0.3) is 0 Å². The lowest BCUT2D eigenvalue weighted by Gasteiger charge is -1.95. The molecular weight excluding hydrogens is 156 g/mol. The Balaban J connectivity index is 2.91. The molecule has 2 aromatic rings. The number of aryl methyl sites for hydroxylation is 1. The van der Waals surface area contributed by atoms with E-state index in [-0.39, 0.29) is 0 Å². The second-order valence-corrected chi connectivity index (χ2v) is 3.11. The van der Waals surface area contributed by atoms with Crippen molar-refractivity contribution in [2.24, 2.45) is 0 Å². The highest BCUT2D eigenvalue weighted by molar-refractivity contribution is 7.80. The molecule has 0 N–H and O–H groups in total. The molecule has 1 nitrogen and oxygen atoms in total. The molecule has 0 saturated heterocycles. The van der Waals surface area contributed by atoms with Crippen LogP contribution in [-0.4, -0.2) is 0 Å². The molecule has 0 saturated carbocycles. The van der Waals surface area contributed by atoms with Gasteiger partial charge in [-0.1, -0.05) is 0 Å². The number of hydrogen-bond donors (Lipinski definition) is 1. The molecule has 2 rings (SSSR count). The van der Waals surface area contributed by atoms with Crippen molar-refractivity contribution in [1.29, 1.82) is 0 Å². The Hall–Kier alpha value is -0.890. The summed E-state index contributed by atoms with van der Waals surface area (Å²) >= 11 is 4.25. The van der Waals surface area contributed by atoms with Gasteiger partial charge in [0.2, 0.25) is 0 Å². The largest absolute Gasteiger partial charge is 0.464 e. The van der Waals surface area contributed by atoms with Gasteiger partial charge in [-0.25, -0.2) is 0 Å². The molecule has 11 heavy (non-hydrogen) atoms. The van der Waals surface area contributed by atoms with Crippen LogP contribution in [0.25, 0.3) is 11.0 Å². The van der Waals surface area contributed by atoms with Crippen LogP contribution in [0.5, 0.6) is 0 Å². The van der Waals surface area contributed by atoms with Gasteiger partial charge in [-0.3, -0.25) is 0 Å². The molecule has 1 aromatic carbocycles. The molecule has 0 aliphatic carbocycles. The van der Waals surface area contributed by atoms with Gasteiger partial charge in [0.05, 0.1) is 6.26 Å². The molecule has 0 spiro atoms. The van der Waals surface area contributed by atoms with Gasteiger partial charge < -0.3 is 4.42 Å². The number of thiol groups is 1. The van der Waals surface area contributed by atoms with Gasteiger partial charge in [-0.05, 0) is 30.7 Å². The number of benzene rings is 1. The van der Waals surface area contributed by atoms with E-state index >= 15 is 0 Å². The third-order valence-corrected chi connectivity index (χ3v) is 2.02. The molecule has 2 heteroatoms. The van der Waals surface area contributed by atoms with Crippen molar-refractivity contribution in [3.8, 4) is 0 Å². The average Bonchev–Trinajstić information content (AvgIpc) is 2.34. The summed E-state index contributed by atoms with van der Waals surface area (Å²) in [6, 6.07) is 5.92. The lowest BCUT2D eigenvalue weighted by Crippen LogP contribution is -1.73. The second kappa shape index (κ2) is 2.31. The van der Waals surface area contributed by atoms with Gasteiger partial charge in [0, 0.05) is 10.3 Å². The average molecular weight is 164 g/mol. The van der Waals surface area contributed by atoms with Crippen LogP contribution in [0, 0.1) is 6.92 Å². The van der Waals surface area contributed by atoms with E-state index in [0.717, 1.165) is 10.5 Å². The van der Waals surface area contributed by atoms with E-state index in [2.05, 4.69) is 19.6 Å². The predicted octanol–water partition coefficient (Wildman–Crippen LogP) is 3.03. The summed E-state index contributed by atoms with van der Waals surface area (Å²) < 4.78 is 5.23. The van der Waals surface area contributed by atoms with E-state index in [4.69, 9.17) is 4.42 Å². The lowest BCUT2D eigenvalue weighted by atomic mass is 10.1. The first-order chi connectivity index (χ1) is 5.27. The molecule has 0 fully saturated rings. The summed E-state index contributed by atoms with van der Waals surface area (Å²) in [7, 11) is 0. The fourth-order valence-corrected chi connectivity index (χ4v) is 1.54. The smallest absolute Gasteiger partial charge is 0.135 e. The zero-order valence-corrected chi connectivity index (χ0v) is 7.06. The topological polar surface area (TPSA) is 13.1 Å². The van der Waals surface area contributed by atoms with Crippen LogP contribution in [0.4, 0.5) is 0 Å². The lowest BCUT2D eigenvalue weighted by molar-refractivity contribution is 0.615. The van der Waals surface area contributed by atoms with E-state index < -0.39 is 0 Å². The SMILES string of the molecule is Cc1cc(S)cc2occc12. The second-order valence-electron chi connectivity index (χ2n) is 2.60. The van der Waals surface area contributed by atoms with Crippen molar-refractivity contribution in [2.45, 2.75) is 11.8 Å². The van der Waals surface area contributed by atoms with E-state index in [9.17, 15) is 0 Å². The maximum atomic E-state index is 5.23. The summed E-state index contributed by atoms with van der Waals surface area (Å²) in [5.74, 6) is 0. The Labute approximate surface area is 70.4 Å². The van der Waals surface area contributed by atoms with E-state index in [1.165, 1.54) is 10.9 Å². The van der Waals surface area contributed by atoms with Gasteiger partial charge in [0.1, 0.15) is 5.58 Å². The predicted molar refractivity (Wildman–Crippen MR) is 48.2 cm³/mol. The van der Waals surface area contributed by atoms with Crippen molar-refractivity contribution >= 4 is 23.6 Å². The summed E-state index contributed by atoms with van der Waals surface area (Å²) in [6.07, 6.45) is 1.70. The molecule has 0 bridgehead atoms. The first-order valence-corrected chi connectivity index (χ1v) is 3.89. The first-order valence-electron chi connectivity index (χ1n) is 3.44. The molecular formula is C9H8OS. The van der Waals surface area contributed by atoms with E-state index in [1.807, 2.05) is 18.2 Å². The normalized spacial score (nSPS) is 10.7. The fraction of sp³-hybridized carbons (Fsp3) is 0.111. The van der Waals surface area contributed by atoms with Crippen molar-refractivity contribution in [3.63, 3.8) is 0 Å². The van der Waals surface area contributed by atoms with Gasteiger partial charge in [-0.15, -0.1) is 12.6 Å². The third-order valence-electron chi connectivity index (χ3n) is 1.76. The standard InChI is InChI=1S/C9H8OS/c1-6-4-7(11)5-9-8(6)2-3-10-9/h2-5,11H,1H3. The Morgan fingerprint density at radius 3 is 3.00 bits per heavy atom. The molecule has 0 aliphatic heterocycles. The van der Waals surface area contributed by atoms with Gasteiger partial charge >= 0.3 is 0 Å². The summed E-state index contributed by atoms with van der Waals surface area (Å²) in [6.45, 7) is 2.05. The highest BCUT2D eigenvalue weighted by Crippen LogP contribution is 2.22. The highest BCUT2D eigenvalue weighted by atomic mass is 32.1.